The zero-order valence-corrected chi connectivity index (χ0v) is 9.87. The molecule has 18 heavy (non-hydrogen) atoms. The number of nitrogens with two attached hydrogens (primary N) is 1. The third kappa shape index (κ3) is 3.15. The molecule has 0 fully saturated rings. The number of hydrogen-bond acceptors (Lipinski definition) is 4. The molecule has 2 N–H and O–H groups in total. The van der Waals surface area contributed by atoms with Crippen molar-refractivity contribution in [2.24, 2.45) is 5.73 Å². The van der Waals surface area contributed by atoms with Crippen molar-refractivity contribution >= 4 is 6.29 Å². The number of benzene rings is 1. The van der Waals surface area contributed by atoms with Crippen molar-refractivity contribution in [3.63, 3.8) is 0 Å². The summed E-state index contributed by atoms with van der Waals surface area (Å²) in [6, 6.07) is 12.7. The highest BCUT2D eigenvalue weighted by Gasteiger charge is 2.00. The molecule has 0 spiro atoms. The van der Waals surface area contributed by atoms with E-state index in [4.69, 9.17) is 10.5 Å². The SMILES string of the molecule is NCCc1ccc(Oc2cccc(C=O)n2)cc1. The summed E-state index contributed by atoms with van der Waals surface area (Å²) in [6.45, 7) is 0.628. The molecule has 1 aromatic carbocycles. The lowest BCUT2D eigenvalue weighted by Crippen LogP contribution is -2.02. The lowest BCUT2D eigenvalue weighted by atomic mass is 10.1. The quantitative estimate of drug-likeness (QED) is 0.816. The monoisotopic (exact) mass is 242 g/mol. The van der Waals surface area contributed by atoms with Crippen LogP contribution in [0.5, 0.6) is 11.6 Å². The first-order valence-corrected chi connectivity index (χ1v) is 5.71. The number of carbonyl (C=O) groups excluding carboxylic acids is 1. The van der Waals surface area contributed by atoms with E-state index in [0.717, 1.165) is 6.42 Å². The lowest BCUT2D eigenvalue weighted by Gasteiger charge is -2.05. The van der Waals surface area contributed by atoms with Crippen LogP contribution in [0.1, 0.15) is 16.1 Å². The first-order valence-electron chi connectivity index (χ1n) is 5.71. The van der Waals surface area contributed by atoms with Gasteiger partial charge in [-0.1, -0.05) is 18.2 Å². The number of ether oxygens (including phenoxy) is 1. The largest absolute Gasteiger partial charge is 0.439 e. The van der Waals surface area contributed by atoms with Crippen LogP contribution in [0.15, 0.2) is 42.5 Å². The average molecular weight is 242 g/mol. The van der Waals surface area contributed by atoms with Crippen LogP contribution < -0.4 is 10.5 Å². The molecule has 0 atom stereocenters. The molecule has 0 saturated heterocycles. The minimum atomic E-state index is 0.354. The van der Waals surface area contributed by atoms with E-state index in [-0.39, 0.29) is 0 Å². The maximum Gasteiger partial charge on any atom is 0.219 e. The number of pyridine rings is 1. The van der Waals surface area contributed by atoms with E-state index in [2.05, 4.69) is 4.98 Å². The van der Waals surface area contributed by atoms with Crippen LogP contribution in [0.2, 0.25) is 0 Å². The van der Waals surface area contributed by atoms with Gasteiger partial charge in [0.25, 0.3) is 0 Å². The van der Waals surface area contributed by atoms with Gasteiger partial charge in [-0.25, -0.2) is 4.98 Å². The second-order valence-electron chi connectivity index (χ2n) is 3.80. The van der Waals surface area contributed by atoms with E-state index in [9.17, 15) is 4.79 Å². The van der Waals surface area contributed by atoms with Gasteiger partial charge in [0.05, 0.1) is 0 Å². The lowest BCUT2D eigenvalue weighted by molar-refractivity contribution is 0.111. The van der Waals surface area contributed by atoms with Gasteiger partial charge in [0.15, 0.2) is 6.29 Å². The van der Waals surface area contributed by atoms with Gasteiger partial charge in [0.1, 0.15) is 11.4 Å². The van der Waals surface area contributed by atoms with Crippen LogP contribution in [0.3, 0.4) is 0 Å². The predicted molar refractivity (Wildman–Crippen MR) is 68.9 cm³/mol. The van der Waals surface area contributed by atoms with Crippen molar-refractivity contribution < 1.29 is 9.53 Å². The van der Waals surface area contributed by atoms with Crippen molar-refractivity contribution in [3.05, 3.63) is 53.7 Å². The summed E-state index contributed by atoms with van der Waals surface area (Å²) in [4.78, 5) is 14.6. The molecular formula is C14H14N2O2. The Balaban J connectivity index is 2.10. The number of aldehydes is 1. The molecule has 0 aliphatic carbocycles. The van der Waals surface area contributed by atoms with Gasteiger partial charge in [0, 0.05) is 6.07 Å². The van der Waals surface area contributed by atoms with Crippen LogP contribution in [-0.4, -0.2) is 17.8 Å². The van der Waals surface area contributed by atoms with E-state index >= 15 is 0 Å². The summed E-state index contributed by atoms with van der Waals surface area (Å²) < 4.78 is 5.55. The fraction of sp³-hybridized carbons (Fsp3) is 0.143. The van der Waals surface area contributed by atoms with Gasteiger partial charge in [-0.2, -0.15) is 0 Å². The first kappa shape index (κ1) is 12.3. The molecule has 0 unspecified atom stereocenters. The molecule has 0 aliphatic rings. The van der Waals surface area contributed by atoms with Crippen LogP contribution >= 0.6 is 0 Å². The van der Waals surface area contributed by atoms with Gasteiger partial charge >= 0.3 is 0 Å². The minimum absolute atomic E-state index is 0.354. The van der Waals surface area contributed by atoms with Crippen molar-refractivity contribution in [1.82, 2.24) is 4.98 Å². The first-order chi connectivity index (χ1) is 8.81. The van der Waals surface area contributed by atoms with Crippen LogP contribution in [0, 0.1) is 0 Å². The summed E-state index contributed by atoms with van der Waals surface area (Å²) in [5.74, 6) is 1.09. The number of aromatic nitrogens is 1. The number of carbonyl (C=O) groups is 1. The molecule has 2 rings (SSSR count). The molecule has 92 valence electrons. The van der Waals surface area contributed by atoms with E-state index in [1.165, 1.54) is 5.56 Å². The normalized spacial score (nSPS) is 10.1. The van der Waals surface area contributed by atoms with Gasteiger partial charge in [-0.15, -0.1) is 0 Å². The maximum atomic E-state index is 10.6. The second-order valence-corrected chi connectivity index (χ2v) is 3.80. The Hall–Kier alpha value is -2.20. The van der Waals surface area contributed by atoms with Crippen LogP contribution in [0.4, 0.5) is 0 Å². The predicted octanol–water partition coefficient (Wildman–Crippen LogP) is 2.19. The summed E-state index contributed by atoms with van der Waals surface area (Å²) in [5.41, 5.74) is 7.00. The van der Waals surface area contributed by atoms with E-state index < -0.39 is 0 Å². The van der Waals surface area contributed by atoms with Gasteiger partial charge in [0.2, 0.25) is 5.88 Å². The summed E-state index contributed by atoms with van der Waals surface area (Å²) >= 11 is 0. The molecular weight excluding hydrogens is 228 g/mol. The Morgan fingerprint density at radius 3 is 2.61 bits per heavy atom. The zero-order chi connectivity index (χ0) is 12.8. The summed E-state index contributed by atoms with van der Waals surface area (Å²) in [5, 5.41) is 0. The maximum absolute atomic E-state index is 10.6. The fourth-order valence-corrected chi connectivity index (χ4v) is 1.56. The second kappa shape index (κ2) is 5.93. The highest BCUT2D eigenvalue weighted by atomic mass is 16.5. The van der Waals surface area contributed by atoms with Gasteiger partial charge in [-0.05, 0) is 36.7 Å². The Bertz CT molecular complexity index is 524. The minimum Gasteiger partial charge on any atom is -0.439 e. The van der Waals surface area contributed by atoms with Gasteiger partial charge in [-0.3, -0.25) is 4.79 Å². The molecule has 4 heteroatoms. The van der Waals surface area contributed by atoms with Crippen molar-refractivity contribution in [3.8, 4) is 11.6 Å². The molecule has 2 aromatic rings. The third-order valence-electron chi connectivity index (χ3n) is 2.44. The average Bonchev–Trinajstić information content (AvgIpc) is 2.42. The van der Waals surface area contributed by atoms with Crippen molar-refractivity contribution in [2.75, 3.05) is 6.54 Å². The van der Waals surface area contributed by atoms with E-state index in [0.29, 0.717) is 30.2 Å². The number of nitrogens with zero attached hydrogens (tertiary/aromatic N) is 1. The standard InChI is InChI=1S/C14H14N2O2/c15-9-8-11-4-6-13(7-5-11)18-14-3-1-2-12(10-17)16-14/h1-7,10H,8-9,15H2. The molecule has 1 heterocycles. The molecule has 1 aromatic heterocycles. The molecule has 0 saturated carbocycles. The zero-order valence-electron chi connectivity index (χ0n) is 9.87. The Labute approximate surface area is 105 Å². The third-order valence-corrected chi connectivity index (χ3v) is 2.44. The molecule has 0 aliphatic heterocycles. The summed E-state index contributed by atoms with van der Waals surface area (Å²) in [7, 11) is 0. The highest BCUT2D eigenvalue weighted by molar-refractivity contribution is 5.71. The molecule has 4 nitrogen and oxygen atoms in total. The van der Waals surface area contributed by atoms with Crippen LogP contribution in [0.25, 0.3) is 0 Å². The smallest absolute Gasteiger partial charge is 0.219 e. The van der Waals surface area contributed by atoms with Crippen molar-refractivity contribution in [1.29, 1.82) is 0 Å². The Morgan fingerprint density at radius 1 is 1.17 bits per heavy atom. The number of hydrogen-bond donors (Lipinski definition) is 1. The van der Waals surface area contributed by atoms with Gasteiger partial charge < -0.3 is 10.5 Å². The topological polar surface area (TPSA) is 65.2 Å². The van der Waals surface area contributed by atoms with E-state index in [1.54, 1.807) is 18.2 Å². The number of rotatable bonds is 5. The highest BCUT2D eigenvalue weighted by Crippen LogP contribution is 2.19. The van der Waals surface area contributed by atoms with Crippen LogP contribution in [-0.2, 0) is 6.42 Å². The Kier molecular flexibility index (Phi) is 4.04. The molecule has 0 amide bonds. The fourth-order valence-electron chi connectivity index (χ4n) is 1.56. The Morgan fingerprint density at radius 2 is 1.94 bits per heavy atom. The van der Waals surface area contributed by atoms with Crippen molar-refractivity contribution in [2.45, 2.75) is 6.42 Å². The molecule has 0 bridgehead atoms. The molecule has 0 radical (unpaired) electrons. The summed E-state index contributed by atoms with van der Waals surface area (Å²) in [6.07, 6.45) is 1.54. The van der Waals surface area contributed by atoms with E-state index in [1.807, 2.05) is 24.3 Å².